The standard InChI is InChI=1S/C21H18ClFN6O2/c22-14-8-12(3-4-15(14)23)19-20(28(11-26-19)10-13-2-1-7-31-13)16-5-6-18-25-9-17(21(24)30)29(18)27-16/h3-6,8-9,11,13H,1-2,7,10H2,(H2,24,30). The Morgan fingerprint density at radius 2 is 2.16 bits per heavy atom. The van der Waals surface area contributed by atoms with Gasteiger partial charge in [-0.25, -0.2) is 18.9 Å². The number of halogens is 2. The number of primary amides is 1. The normalized spacial score (nSPS) is 16.3. The highest BCUT2D eigenvalue weighted by atomic mass is 35.5. The summed E-state index contributed by atoms with van der Waals surface area (Å²) in [6, 6.07) is 8.00. The van der Waals surface area contributed by atoms with E-state index in [4.69, 9.17) is 22.1 Å². The summed E-state index contributed by atoms with van der Waals surface area (Å²) in [7, 11) is 0. The number of amides is 1. The Morgan fingerprint density at radius 1 is 1.29 bits per heavy atom. The molecule has 4 aromatic rings. The monoisotopic (exact) mass is 440 g/mol. The molecule has 4 heterocycles. The van der Waals surface area contributed by atoms with Crippen LogP contribution in [0.1, 0.15) is 23.3 Å². The molecule has 1 unspecified atom stereocenters. The van der Waals surface area contributed by atoms with Crippen molar-refractivity contribution in [1.29, 1.82) is 0 Å². The summed E-state index contributed by atoms with van der Waals surface area (Å²) in [6.07, 6.45) is 5.12. The van der Waals surface area contributed by atoms with Crippen molar-refractivity contribution in [3.63, 3.8) is 0 Å². The first-order valence-electron chi connectivity index (χ1n) is 9.78. The van der Waals surface area contributed by atoms with Crippen LogP contribution in [0, 0.1) is 5.82 Å². The predicted octanol–water partition coefficient (Wildman–Crippen LogP) is 3.33. The predicted molar refractivity (Wildman–Crippen MR) is 112 cm³/mol. The van der Waals surface area contributed by atoms with Crippen LogP contribution in [0.15, 0.2) is 42.9 Å². The van der Waals surface area contributed by atoms with E-state index in [2.05, 4.69) is 15.1 Å². The smallest absolute Gasteiger partial charge is 0.269 e. The van der Waals surface area contributed by atoms with Crippen molar-refractivity contribution in [1.82, 2.24) is 24.1 Å². The molecule has 0 aliphatic carbocycles. The lowest BCUT2D eigenvalue weighted by molar-refractivity contribution is 0.0973. The summed E-state index contributed by atoms with van der Waals surface area (Å²) in [6.45, 7) is 1.32. The molecule has 0 radical (unpaired) electrons. The Bertz CT molecular complexity index is 1290. The zero-order chi connectivity index (χ0) is 21.5. The van der Waals surface area contributed by atoms with E-state index in [1.807, 2.05) is 4.57 Å². The van der Waals surface area contributed by atoms with E-state index >= 15 is 0 Å². The Hall–Kier alpha value is -3.30. The highest BCUT2D eigenvalue weighted by Gasteiger charge is 2.23. The van der Waals surface area contributed by atoms with Crippen LogP contribution in [-0.4, -0.2) is 42.8 Å². The Morgan fingerprint density at radius 3 is 2.90 bits per heavy atom. The van der Waals surface area contributed by atoms with Crippen LogP contribution in [0.25, 0.3) is 28.3 Å². The molecule has 1 aliphatic rings. The summed E-state index contributed by atoms with van der Waals surface area (Å²) in [5, 5.41) is 4.61. The van der Waals surface area contributed by atoms with Crippen LogP contribution in [-0.2, 0) is 11.3 Å². The fourth-order valence-corrected chi connectivity index (χ4v) is 4.00. The van der Waals surface area contributed by atoms with E-state index in [1.165, 1.54) is 22.8 Å². The third kappa shape index (κ3) is 3.55. The third-order valence-corrected chi connectivity index (χ3v) is 5.60. The van der Waals surface area contributed by atoms with E-state index in [0.717, 1.165) is 19.4 Å². The van der Waals surface area contributed by atoms with Gasteiger partial charge in [0.05, 0.1) is 41.6 Å². The van der Waals surface area contributed by atoms with Gasteiger partial charge >= 0.3 is 0 Å². The Labute approximate surface area is 181 Å². The van der Waals surface area contributed by atoms with Gasteiger partial charge in [0.15, 0.2) is 5.65 Å². The number of hydrogen-bond donors (Lipinski definition) is 1. The number of nitrogens with two attached hydrogens (primary N) is 1. The number of aromatic nitrogens is 5. The van der Waals surface area contributed by atoms with Gasteiger partial charge in [-0.3, -0.25) is 4.79 Å². The molecular weight excluding hydrogens is 423 g/mol. The molecule has 8 nitrogen and oxygen atoms in total. The molecule has 0 saturated carbocycles. The lowest BCUT2D eigenvalue weighted by atomic mass is 10.1. The van der Waals surface area contributed by atoms with E-state index in [9.17, 15) is 9.18 Å². The van der Waals surface area contributed by atoms with Gasteiger partial charge < -0.3 is 15.0 Å². The minimum absolute atomic E-state index is 0.00571. The second kappa shape index (κ2) is 7.75. The minimum atomic E-state index is -0.629. The van der Waals surface area contributed by atoms with Crippen LogP contribution >= 0.6 is 11.6 Å². The Balaban J connectivity index is 1.68. The molecule has 1 atom stereocenters. The van der Waals surface area contributed by atoms with Gasteiger partial charge in [-0.2, -0.15) is 5.10 Å². The molecule has 31 heavy (non-hydrogen) atoms. The molecule has 1 amide bonds. The maximum atomic E-state index is 13.7. The largest absolute Gasteiger partial charge is 0.376 e. The number of rotatable bonds is 5. The summed E-state index contributed by atoms with van der Waals surface area (Å²) in [5.74, 6) is -1.13. The molecule has 3 aromatic heterocycles. The average Bonchev–Trinajstić information content (AvgIpc) is 3.49. The second-order valence-corrected chi connectivity index (χ2v) is 7.76. The van der Waals surface area contributed by atoms with Gasteiger partial charge in [0.1, 0.15) is 17.2 Å². The fourth-order valence-electron chi connectivity index (χ4n) is 3.82. The van der Waals surface area contributed by atoms with Crippen LogP contribution in [0.3, 0.4) is 0 Å². The quantitative estimate of drug-likeness (QED) is 0.513. The van der Waals surface area contributed by atoms with E-state index in [-0.39, 0.29) is 16.8 Å². The number of nitrogens with zero attached hydrogens (tertiary/aromatic N) is 5. The topological polar surface area (TPSA) is 100 Å². The number of ether oxygens (including phenoxy) is 1. The SMILES string of the molecule is NC(=O)c1cnc2ccc(-c3c(-c4ccc(F)c(Cl)c4)ncn3CC3CCCO3)nn12. The number of benzene rings is 1. The number of imidazole rings is 2. The van der Waals surface area contributed by atoms with Gasteiger partial charge in [0.25, 0.3) is 5.91 Å². The average molecular weight is 441 g/mol. The summed E-state index contributed by atoms with van der Waals surface area (Å²) in [4.78, 5) is 20.5. The zero-order valence-corrected chi connectivity index (χ0v) is 17.1. The molecular formula is C21H18ClFN6O2. The van der Waals surface area contributed by atoms with Crippen molar-refractivity contribution < 1.29 is 13.9 Å². The molecule has 0 spiro atoms. The van der Waals surface area contributed by atoms with Crippen LogP contribution in [0.2, 0.25) is 5.02 Å². The number of carbonyl (C=O) groups excluding carboxylic acids is 1. The molecule has 1 saturated heterocycles. The fraction of sp³-hybridized carbons (Fsp3) is 0.238. The summed E-state index contributed by atoms with van der Waals surface area (Å²) >= 11 is 6.02. The maximum Gasteiger partial charge on any atom is 0.269 e. The van der Waals surface area contributed by atoms with Gasteiger partial charge in [0.2, 0.25) is 0 Å². The molecule has 1 fully saturated rings. The number of fused-ring (bicyclic) bond motifs is 1. The van der Waals surface area contributed by atoms with Crippen LogP contribution in [0.4, 0.5) is 4.39 Å². The molecule has 5 rings (SSSR count). The van der Waals surface area contributed by atoms with Gasteiger partial charge in [-0.1, -0.05) is 11.6 Å². The van der Waals surface area contributed by atoms with Crippen molar-refractivity contribution in [3.05, 3.63) is 59.4 Å². The van der Waals surface area contributed by atoms with Gasteiger partial charge in [-0.15, -0.1) is 0 Å². The van der Waals surface area contributed by atoms with E-state index in [0.29, 0.717) is 34.8 Å². The number of hydrogen-bond acceptors (Lipinski definition) is 5. The van der Waals surface area contributed by atoms with E-state index in [1.54, 1.807) is 24.5 Å². The highest BCUT2D eigenvalue weighted by molar-refractivity contribution is 6.31. The molecule has 10 heteroatoms. The zero-order valence-electron chi connectivity index (χ0n) is 16.3. The maximum absolute atomic E-state index is 13.7. The first-order chi connectivity index (χ1) is 15.0. The molecule has 0 bridgehead atoms. The second-order valence-electron chi connectivity index (χ2n) is 7.35. The summed E-state index contributed by atoms with van der Waals surface area (Å²) < 4.78 is 22.9. The van der Waals surface area contributed by atoms with Crippen molar-refractivity contribution >= 4 is 23.2 Å². The lowest BCUT2D eigenvalue weighted by Gasteiger charge is -2.14. The molecule has 158 valence electrons. The molecule has 2 N–H and O–H groups in total. The Kier molecular flexibility index (Phi) is 4.91. The van der Waals surface area contributed by atoms with E-state index < -0.39 is 11.7 Å². The third-order valence-electron chi connectivity index (χ3n) is 5.31. The summed E-state index contributed by atoms with van der Waals surface area (Å²) in [5.41, 5.74) is 8.62. The first-order valence-corrected chi connectivity index (χ1v) is 10.2. The lowest BCUT2D eigenvalue weighted by Crippen LogP contribution is -2.17. The van der Waals surface area contributed by atoms with Crippen molar-refractivity contribution in [2.45, 2.75) is 25.5 Å². The first kappa shape index (κ1) is 19.7. The van der Waals surface area contributed by atoms with Gasteiger partial charge in [0, 0.05) is 12.2 Å². The molecule has 1 aromatic carbocycles. The molecule has 1 aliphatic heterocycles. The minimum Gasteiger partial charge on any atom is -0.376 e. The number of carbonyl (C=O) groups is 1. The van der Waals surface area contributed by atoms with Crippen LogP contribution < -0.4 is 5.73 Å². The van der Waals surface area contributed by atoms with Crippen LogP contribution in [0.5, 0.6) is 0 Å². The highest BCUT2D eigenvalue weighted by Crippen LogP contribution is 2.33. The van der Waals surface area contributed by atoms with Gasteiger partial charge in [-0.05, 0) is 43.2 Å². The van der Waals surface area contributed by atoms with Crippen molar-refractivity contribution in [2.75, 3.05) is 6.61 Å². The van der Waals surface area contributed by atoms with Crippen molar-refractivity contribution in [3.8, 4) is 22.6 Å². The van der Waals surface area contributed by atoms with Crippen molar-refractivity contribution in [2.24, 2.45) is 5.73 Å².